The van der Waals surface area contributed by atoms with Crippen LogP contribution in [0.25, 0.3) is 0 Å². The van der Waals surface area contributed by atoms with E-state index >= 15 is 0 Å². The first-order chi connectivity index (χ1) is 7.42. The Morgan fingerprint density at radius 1 is 1.19 bits per heavy atom. The lowest BCUT2D eigenvalue weighted by atomic mass is 10.2. The maximum atomic E-state index is 11.6. The van der Waals surface area contributed by atoms with Gasteiger partial charge in [0.05, 0.1) is 4.90 Å². The molecule has 86 valence electrons. The van der Waals surface area contributed by atoms with Crippen LogP contribution in [0.3, 0.4) is 0 Å². The quantitative estimate of drug-likeness (QED) is 0.760. The third-order valence-electron chi connectivity index (χ3n) is 1.79. The lowest BCUT2D eigenvalue weighted by Gasteiger charge is -1.97. The Labute approximate surface area is 95.8 Å². The number of benzene rings is 1. The number of sulfonamides is 1. The summed E-state index contributed by atoms with van der Waals surface area (Å²) in [6, 6.07) is 6.49. The molecule has 0 aliphatic carbocycles. The lowest BCUT2D eigenvalue weighted by Crippen LogP contribution is -1.95. The third-order valence-corrected chi connectivity index (χ3v) is 2.97. The average Bonchev–Trinajstić information content (AvgIpc) is 2.17. The highest BCUT2D eigenvalue weighted by atomic mass is 32.2. The van der Waals surface area contributed by atoms with Crippen LogP contribution in [-0.4, -0.2) is 8.42 Å². The van der Waals surface area contributed by atoms with E-state index < -0.39 is 10.0 Å². The molecular formula is C11H14N2O2S. The van der Waals surface area contributed by atoms with Crippen molar-refractivity contribution in [1.82, 2.24) is 0 Å². The van der Waals surface area contributed by atoms with Crippen LogP contribution >= 0.6 is 0 Å². The SMILES string of the molecule is CC(C)=CN=NS(=O)(=O)c1ccc(C)cc1. The summed E-state index contributed by atoms with van der Waals surface area (Å²) < 4.78 is 26.6. The Balaban J connectivity index is 2.99. The minimum atomic E-state index is -3.66. The molecule has 4 nitrogen and oxygen atoms in total. The second-order valence-corrected chi connectivity index (χ2v) is 5.28. The standard InChI is InChI=1S/C11H14N2O2S/c1-9(2)8-12-13-16(14,15)11-6-4-10(3)5-7-11/h4-8H,1-3H3. The Kier molecular flexibility index (Phi) is 3.95. The molecule has 0 unspecified atom stereocenters. The zero-order valence-electron chi connectivity index (χ0n) is 9.51. The van der Waals surface area contributed by atoms with E-state index in [1.54, 1.807) is 12.1 Å². The maximum absolute atomic E-state index is 11.6. The predicted octanol–water partition coefficient (Wildman–Crippen LogP) is 3.06. The average molecular weight is 238 g/mol. The van der Waals surface area contributed by atoms with Crippen LogP contribution in [0.4, 0.5) is 0 Å². The van der Waals surface area contributed by atoms with Crippen molar-refractivity contribution in [1.29, 1.82) is 0 Å². The molecule has 0 aliphatic rings. The van der Waals surface area contributed by atoms with Gasteiger partial charge in [-0.25, -0.2) is 0 Å². The van der Waals surface area contributed by atoms with Gasteiger partial charge >= 0.3 is 0 Å². The molecule has 1 rings (SSSR count). The van der Waals surface area contributed by atoms with Gasteiger partial charge in [-0.05, 0) is 32.9 Å². The molecule has 0 bridgehead atoms. The second-order valence-electron chi connectivity index (χ2n) is 3.69. The van der Waals surface area contributed by atoms with E-state index in [0.717, 1.165) is 11.1 Å². The first-order valence-electron chi connectivity index (χ1n) is 4.79. The van der Waals surface area contributed by atoms with E-state index in [-0.39, 0.29) is 4.90 Å². The summed E-state index contributed by atoms with van der Waals surface area (Å²) in [5, 5.41) is 3.52. The second kappa shape index (κ2) is 5.03. The van der Waals surface area contributed by atoms with Gasteiger partial charge in [0.1, 0.15) is 0 Å². The highest BCUT2D eigenvalue weighted by Gasteiger charge is 2.11. The molecule has 1 aromatic rings. The highest BCUT2D eigenvalue weighted by Crippen LogP contribution is 2.13. The molecule has 16 heavy (non-hydrogen) atoms. The number of allylic oxidation sites excluding steroid dienone is 1. The maximum Gasteiger partial charge on any atom is 0.299 e. The fourth-order valence-corrected chi connectivity index (χ4v) is 1.70. The topological polar surface area (TPSA) is 58.9 Å². The van der Waals surface area contributed by atoms with E-state index in [4.69, 9.17) is 0 Å². The molecule has 0 heterocycles. The Hall–Kier alpha value is -1.49. The molecule has 0 radical (unpaired) electrons. The van der Waals surface area contributed by atoms with Gasteiger partial charge in [0, 0.05) is 6.20 Å². The van der Waals surface area contributed by atoms with Gasteiger partial charge in [-0.2, -0.15) is 8.42 Å². The number of rotatable bonds is 3. The molecule has 0 saturated carbocycles. The molecule has 1 aromatic carbocycles. The number of aryl methyl sites for hydroxylation is 1. The van der Waals surface area contributed by atoms with Gasteiger partial charge in [-0.15, -0.1) is 5.11 Å². The van der Waals surface area contributed by atoms with Crippen LogP contribution in [0.5, 0.6) is 0 Å². The largest absolute Gasteiger partial charge is 0.299 e. The van der Waals surface area contributed by atoms with Gasteiger partial charge in [0.15, 0.2) is 0 Å². The van der Waals surface area contributed by atoms with Crippen LogP contribution in [-0.2, 0) is 10.0 Å². The van der Waals surface area contributed by atoms with Crippen LogP contribution < -0.4 is 0 Å². The summed E-state index contributed by atoms with van der Waals surface area (Å²) in [4.78, 5) is 0.156. The summed E-state index contributed by atoms with van der Waals surface area (Å²) in [6.07, 6.45) is 1.41. The summed E-state index contributed by atoms with van der Waals surface area (Å²) in [7, 11) is -3.66. The van der Waals surface area contributed by atoms with E-state index in [9.17, 15) is 8.42 Å². The first kappa shape index (κ1) is 12.6. The van der Waals surface area contributed by atoms with Gasteiger partial charge in [0.25, 0.3) is 10.0 Å². The molecule has 0 aromatic heterocycles. The van der Waals surface area contributed by atoms with Gasteiger partial charge < -0.3 is 0 Å². The molecule has 0 aliphatic heterocycles. The van der Waals surface area contributed by atoms with Crippen molar-refractivity contribution in [2.75, 3.05) is 0 Å². The lowest BCUT2D eigenvalue weighted by molar-refractivity contribution is 0.595. The van der Waals surface area contributed by atoms with E-state index in [0.29, 0.717) is 0 Å². The van der Waals surface area contributed by atoms with Crippen LogP contribution in [0.15, 0.2) is 50.6 Å². The minimum Gasteiger partial charge on any atom is -0.198 e. The summed E-state index contributed by atoms with van der Waals surface area (Å²) in [6.45, 7) is 5.52. The molecule has 0 N–H and O–H groups in total. The van der Waals surface area contributed by atoms with E-state index in [1.807, 2.05) is 20.8 Å². The highest BCUT2D eigenvalue weighted by molar-refractivity contribution is 7.90. The van der Waals surface area contributed by atoms with Crippen LogP contribution in [0, 0.1) is 6.92 Å². The van der Waals surface area contributed by atoms with Crippen molar-refractivity contribution in [2.24, 2.45) is 9.63 Å². The van der Waals surface area contributed by atoms with E-state index in [1.165, 1.54) is 18.3 Å². The predicted molar refractivity (Wildman–Crippen MR) is 62.7 cm³/mol. The Morgan fingerprint density at radius 2 is 1.75 bits per heavy atom. The zero-order valence-corrected chi connectivity index (χ0v) is 10.3. The van der Waals surface area contributed by atoms with Crippen molar-refractivity contribution in [2.45, 2.75) is 25.7 Å². The molecule has 0 spiro atoms. The van der Waals surface area contributed by atoms with Crippen molar-refractivity contribution in [3.63, 3.8) is 0 Å². The Bertz CT molecular complexity index is 509. The number of nitrogens with zero attached hydrogens (tertiary/aromatic N) is 2. The molecule has 0 fully saturated rings. The minimum absolute atomic E-state index is 0.156. The number of hydrogen-bond acceptors (Lipinski definition) is 3. The first-order valence-corrected chi connectivity index (χ1v) is 6.23. The van der Waals surface area contributed by atoms with Gasteiger partial charge in [0.2, 0.25) is 0 Å². The van der Waals surface area contributed by atoms with E-state index in [2.05, 4.69) is 9.63 Å². The van der Waals surface area contributed by atoms with Gasteiger partial charge in [-0.3, -0.25) is 0 Å². The molecule has 0 saturated heterocycles. The number of hydrogen-bond donors (Lipinski definition) is 0. The summed E-state index contributed by atoms with van der Waals surface area (Å²) >= 11 is 0. The van der Waals surface area contributed by atoms with Crippen molar-refractivity contribution >= 4 is 10.0 Å². The van der Waals surface area contributed by atoms with Crippen molar-refractivity contribution in [3.05, 3.63) is 41.6 Å². The Morgan fingerprint density at radius 3 is 2.25 bits per heavy atom. The zero-order chi connectivity index (χ0) is 12.2. The fraction of sp³-hybridized carbons (Fsp3) is 0.273. The molecule has 0 amide bonds. The van der Waals surface area contributed by atoms with Crippen LogP contribution in [0.2, 0.25) is 0 Å². The summed E-state index contributed by atoms with van der Waals surface area (Å²) in [5.74, 6) is 0. The summed E-state index contributed by atoms with van der Waals surface area (Å²) in [5.41, 5.74) is 1.89. The molecular weight excluding hydrogens is 224 g/mol. The van der Waals surface area contributed by atoms with Gasteiger partial charge in [-0.1, -0.05) is 27.8 Å². The monoisotopic (exact) mass is 238 g/mol. The van der Waals surface area contributed by atoms with Crippen molar-refractivity contribution in [3.8, 4) is 0 Å². The molecule has 0 atom stereocenters. The smallest absolute Gasteiger partial charge is 0.198 e. The van der Waals surface area contributed by atoms with Crippen molar-refractivity contribution < 1.29 is 8.42 Å². The third kappa shape index (κ3) is 3.58. The van der Waals surface area contributed by atoms with Crippen LogP contribution in [0.1, 0.15) is 19.4 Å². The molecule has 5 heteroatoms. The normalized spacial score (nSPS) is 11.7. The fourth-order valence-electron chi connectivity index (χ4n) is 0.958.